The van der Waals surface area contributed by atoms with Crippen LogP contribution in [0.25, 0.3) is 0 Å². The summed E-state index contributed by atoms with van der Waals surface area (Å²) in [6.45, 7) is 1.79. The lowest BCUT2D eigenvalue weighted by Gasteiger charge is -2.38. The van der Waals surface area contributed by atoms with Gasteiger partial charge in [0.15, 0.2) is 0 Å². The van der Waals surface area contributed by atoms with Gasteiger partial charge in [0, 0.05) is 31.1 Å². The number of carboxylic acid groups (broad SMARTS) is 1. The Morgan fingerprint density at radius 2 is 2.00 bits per heavy atom. The van der Waals surface area contributed by atoms with E-state index in [0.29, 0.717) is 5.82 Å². The van der Waals surface area contributed by atoms with Gasteiger partial charge in [0.05, 0.1) is 0 Å². The van der Waals surface area contributed by atoms with Crippen molar-refractivity contribution in [1.82, 2.24) is 4.98 Å². The number of piperidine rings is 1. The summed E-state index contributed by atoms with van der Waals surface area (Å²) in [5.74, 6) is -4.17. The van der Waals surface area contributed by atoms with Crippen LogP contribution >= 0.6 is 0 Å². The highest BCUT2D eigenvalue weighted by Crippen LogP contribution is 2.36. The standard InChI is InChI=1S/C18H24F2N2O2/c1-12-11-22(9-8-18(12,19)20)16-14(17(23)24)10-13-6-4-2-3-5-7-15(13)21-16/h10,12H,2-9,11H2,1H3,(H,23,24). The molecular formula is C18H24F2N2O2. The number of rotatable bonds is 2. The van der Waals surface area contributed by atoms with Gasteiger partial charge in [0.1, 0.15) is 11.4 Å². The molecule has 0 amide bonds. The number of halogens is 2. The van der Waals surface area contributed by atoms with E-state index in [9.17, 15) is 18.7 Å². The summed E-state index contributed by atoms with van der Waals surface area (Å²) in [5, 5.41) is 9.58. The van der Waals surface area contributed by atoms with E-state index in [2.05, 4.69) is 4.98 Å². The number of carboxylic acids is 1. The van der Waals surface area contributed by atoms with Crippen molar-refractivity contribution in [2.45, 2.75) is 57.8 Å². The summed E-state index contributed by atoms with van der Waals surface area (Å²) in [4.78, 5) is 18.1. The van der Waals surface area contributed by atoms with Gasteiger partial charge in [-0.05, 0) is 37.3 Å². The molecule has 1 aliphatic carbocycles. The lowest BCUT2D eigenvalue weighted by molar-refractivity contribution is -0.0652. The van der Waals surface area contributed by atoms with Crippen LogP contribution in [-0.2, 0) is 12.8 Å². The predicted molar refractivity (Wildman–Crippen MR) is 88.0 cm³/mol. The molecule has 0 saturated carbocycles. The number of aromatic carboxylic acids is 1. The fraction of sp³-hybridized carbons (Fsp3) is 0.667. The lowest BCUT2D eigenvalue weighted by Crippen LogP contribution is -2.46. The van der Waals surface area contributed by atoms with E-state index in [0.717, 1.165) is 49.8 Å². The SMILES string of the molecule is CC1CN(c2nc3c(cc2C(=O)O)CCCCCC3)CCC1(F)F. The van der Waals surface area contributed by atoms with E-state index in [4.69, 9.17) is 0 Å². The zero-order valence-electron chi connectivity index (χ0n) is 14.0. The fourth-order valence-corrected chi connectivity index (χ4v) is 3.65. The second-order valence-electron chi connectivity index (χ2n) is 7.04. The van der Waals surface area contributed by atoms with Gasteiger partial charge < -0.3 is 10.0 Å². The van der Waals surface area contributed by atoms with Gasteiger partial charge in [-0.1, -0.05) is 19.8 Å². The van der Waals surface area contributed by atoms with E-state index in [1.165, 1.54) is 6.92 Å². The van der Waals surface area contributed by atoms with Crippen molar-refractivity contribution in [3.63, 3.8) is 0 Å². The zero-order valence-corrected chi connectivity index (χ0v) is 14.0. The molecule has 2 heterocycles. The first-order chi connectivity index (χ1) is 11.4. The summed E-state index contributed by atoms with van der Waals surface area (Å²) in [6.07, 6.45) is 5.82. The van der Waals surface area contributed by atoms with Crippen LogP contribution in [-0.4, -0.2) is 35.1 Å². The average Bonchev–Trinajstić information content (AvgIpc) is 2.50. The molecule has 1 saturated heterocycles. The Kier molecular flexibility index (Phi) is 4.74. The largest absolute Gasteiger partial charge is 0.478 e. The van der Waals surface area contributed by atoms with Crippen LogP contribution in [0, 0.1) is 5.92 Å². The van der Waals surface area contributed by atoms with Gasteiger partial charge in [0.2, 0.25) is 0 Å². The molecule has 1 aromatic rings. The smallest absolute Gasteiger partial charge is 0.339 e. The van der Waals surface area contributed by atoms with Gasteiger partial charge in [-0.15, -0.1) is 0 Å². The molecule has 4 nitrogen and oxygen atoms in total. The number of aryl methyl sites for hydroxylation is 2. The highest BCUT2D eigenvalue weighted by Gasteiger charge is 2.42. The maximum atomic E-state index is 13.8. The zero-order chi connectivity index (χ0) is 17.3. The van der Waals surface area contributed by atoms with Crippen molar-refractivity contribution in [3.05, 3.63) is 22.9 Å². The molecule has 1 unspecified atom stereocenters. The van der Waals surface area contributed by atoms with E-state index >= 15 is 0 Å². The molecule has 0 spiro atoms. The van der Waals surface area contributed by atoms with Crippen molar-refractivity contribution in [2.75, 3.05) is 18.0 Å². The first-order valence-corrected chi connectivity index (χ1v) is 8.77. The molecule has 1 atom stereocenters. The van der Waals surface area contributed by atoms with Crippen molar-refractivity contribution < 1.29 is 18.7 Å². The second kappa shape index (κ2) is 6.65. The third kappa shape index (κ3) is 3.37. The number of hydrogen-bond donors (Lipinski definition) is 1. The van der Waals surface area contributed by atoms with E-state index in [-0.39, 0.29) is 25.1 Å². The van der Waals surface area contributed by atoms with E-state index in [1.54, 1.807) is 11.0 Å². The fourth-order valence-electron chi connectivity index (χ4n) is 3.65. The lowest BCUT2D eigenvalue weighted by atomic mass is 9.93. The Labute approximate surface area is 140 Å². The number of anilines is 1. The van der Waals surface area contributed by atoms with Crippen LogP contribution in [0.2, 0.25) is 0 Å². The predicted octanol–water partition coefficient (Wildman–Crippen LogP) is 3.92. The molecule has 1 fully saturated rings. The average molecular weight is 338 g/mol. The molecule has 1 aliphatic heterocycles. The summed E-state index contributed by atoms with van der Waals surface area (Å²) in [7, 11) is 0. The minimum Gasteiger partial charge on any atom is -0.478 e. The van der Waals surface area contributed by atoms with Gasteiger partial charge in [-0.2, -0.15) is 0 Å². The minimum atomic E-state index is -2.69. The number of hydrogen-bond acceptors (Lipinski definition) is 3. The van der Waals surface area contributed by atoms with Crippen LogP contribution in [0.5, 0.6) is 0 Å². The normalized spacial score (nSPS) is 24.0. The summed E-state index contributed by atoms with van der Waals surface area (Å²) in [6, 6.07) is 1.72. The van der Waals surface area contributed by atoms with Gasteiger partial charge >= 0.3 is 5.97 Å². The van der Waals surface area contributed by atoms with Crippen LogP contribution < -0.4 is 4.90 Å². The van der Waals surface area contributed by atoms with Crippen molar-refractivity contribution >= 4 is 11.8 Å². The molecule has 0 aromatic carbocycles. The van der Waals surface area contributed by atoms with Crippen LogP contribution in [0.4, 0.5) is 14.6 Å². The van der Waals surface area contributed by atoms with Crippen molar-refractivity contribution in [3.8, 4) is 0 Å². The Morgan fingerprint density at radius 3 is 2.67 bits per heavy atom. The number of fused-ring (bicyclic) bond motifs is 1. The molecule has 1 N–H and O–H groups in total. The number of carbonyl (C=O) groups is 1. The molecule has 24 heavy (non-hydrogen) atoms. The highest BCUT2D eigenvalue weighted by molar-refractivity contribution is 5.93. The van der Waals surface area contributed by atoms with E-state index in [1.807, 2.05) is 0 Å². The van der Waals surface area contributed by atoms with Crippen molar-refractivity contribution in [1.29, 1.82) is 0 Å². The molecule has 6 heteroatoms. The molecular weight excluding hydrogens is 314 g/mol. The summed E-state index contributed by atoms with van der Waals surface area (Å²) >= 11 is 0. The molecule has 1 aromatic heterocycles. The Bertz CT molecular complexity index is 634. The quantitative estimate of drug-likeness (QED) is 0.888. The number of aromatic nitrogens is 1. The highest BCUT2D eigenvalue weighted by atomic mass is 19.3. The van der Waals surface area contributed by atoms with Gasteiger partial charge in [-0.25, -0.2) is 18.6 Å². The Hall–Kier alpha value is -1.72. The number of alkyl halides is 2. The molecule has 132 valence electrons. The summed E-state index contributed by atoms with van der Waals surface area (Å²) in [5.41, 5.74) is 2.10. The van der Waals surface area contributed by atoms with Crippen LogP contribution in [0.3, 0.4) is 0 Å². The maximum Gasteiger partial charge on any atom is 0.339 e. The Balaban J connectivity index is 1.97. The number of nitrogens with zero attached hydrogens (tertiary/aromatic N) is 2. The van der Waals surface area contributed by atoms with Crippen LogP contribution in [0.15, 0.2) is 6.07 Å². The first kappa shape index (κ1) is 17.1. The third-order valence-electron chi connectivity index (χ3n) is 5.24. The maximum absolute atomic E-state index is 13.8. The third-order valence-corrected chi connectivity index (χ3v) is 5.24. The molecule has 0 radical (unpaired) electrons. The molecule has 0 bridgehead atoms. The van der Waals surface area contributed by atoms with Crippen molar-refractivity contribution in [2.24, 2.45) is 5.92 Å². The van der Waals surface area contributed by atoms with Gasteiger partial charge in [0.25, 0.3) is 5.92 Å². The second-order valence-corrected chi connectivity index (χ2v) is 7.04. The minimum absolute atomic E-state index is 0.138. The van der Waals surface area contributed by atoms with Gasteiger partial charge in [-0.3, -0.25) is 0 Å². The summed E-state index contributed by atoms with van der Waals surface area (Å²) < 4.78 is 27.5. The first-order valence-electron chi connectivity index (χ1n) is 8.77. The van der Waals surface area contributed by atoms with Crippen LogP contribution in [0.1, 0.15) is 60.6 Å². The monoisotopic (exact) mass is 338 g/mol. The number of pyridine rings is 1. The Morgan fingerprint density at radius 1 is 1.29 bits per heavy atom. The molecule has 3 rings (SSSR count). The molecule has 2 aliphatic rings. The topological polar surface area (TPSA) is 53.4 Å². The van der Waals surface area contributed by atoms with E-state index < -0.39 is 17.8 Å².